The summed E-state index contributed by atoms with van der Waals surface area (Å²) in [5, 5.41) is 3.11. The van der Waals surface area contributed by atoms with Gasteiger partial charge in [-0.3, -0.25) is 9.36 Å². The lowest BCUT2D eigenvalue weighted by molar-refractivity contribution is 0.629. The van der Waals surface area contributed by atoms with Gasteiger partial charge in [0.05, 0.1) is 5.69 Å². The van der Waals surface area contributed by atoms with Crippen molar-refractivity contribution in [1.82, 2.24) is 9.55 Å². The second-order valence-electron chi connectivity index (χ2n) is 4.09. The molecule has 0 fully saturated rings. The molecule has 0 unspecified atom stereocenters. The smallest absolute Gasteiger partial charge is 0.255 e. The minimum Gasteiger partial charge on any atom is -0.354 e. The van der Waals surface area contributed by atoms with Gasteiger partial charge < -0.3 is 5.32 Å². The maximum Gasteiger partial charge on any atom is 0.255 e. The third kappa shape index (κ3) is 1.64. The van der Waals surface area contributed by atoms with Gasteiger partial charge in [-0.2, -0.15) is 0 Å². The molecule has 0 radical (unpaired) electrons. The van der Waals surface area contributed by atoms with Crippen molar-refractivity contribution >= 4 is 5.95 Å². The van der Waals surface area contributed by atoms with Crippen molar-refractivity contribution in [2.45, 2.75) is 26.8 Å². The molecule has 76 valence electrons. The van der Waals surface area contributed by atoms with Crippen LogP contribution in [-0.2, 0) is 13.0 Å². The van der Waals surface area contributed by atoms with Crippen LogP contribution >= 0.6 is 0 Å². The van der Waals surface area contributed by atoms with Crippen LogP contribution in [0.5, 0.6) is 0 Å². The van der Waals surface area contributed by atoms with Crippen LogP contribution < -0.4 is 10.9 Å². The quantitative estimate of drug-likeness (QED) is 0.758. The molecule has 2 heterocycles. The van der Waals surface area contributed by atoms with Crippen molar-refractivity contribution in [3.8, 4) is 0 Å². The zero-order chi connectivity index (χ0) is 10.1. The van der Waals surface area contributed by atoms with E-state index in [0.29, 0.717) is 5.92 Å². The van der Waals surface area contributed by atoms with E-state index in [2.05, 4.69) is 24.1 Å². The number of nitrogens with one attached hydrogen (secondary N) is 1. The first-order chi connectivity index (χ1) is 6.66. The molecule has 0 aromatic carbocycles. The summed E-state index contributed by atoms with van der Waals surface area (Å²) in [4.78, 5) is 16.0. The molecule has 0 spiro atoms. The summed E-state index contributed by atoms with van der Waals surface area (Å²) in [5.41, 5.74) is 0.960. The van der Waals surface area contributed by atoms with E-state index in [1.54, 1.807) is 10.6 Å². The number of anilines is 1. The van der Waals surface area contributed by atoms with Gasteiger partial charge in [0.2, 0.25) is 5.95 Å². The third-order valence-corrected chi connectivity index (χ3v) is 2.30. The molecule has 1 aliphatic rings. The second-order valence-corrected chi connectivity index (χ2v) is 4.09. The van der Waals surface area contributed by atoms with Gasteiger partial charge in [-0.05, 0) is 12.3 Å². The van der Waals surface area contributed by atoms with Crippen molar-refractivity contribution in [1.29, 1.82) is 0 Å². The van der Waals surface area contributed by atoms with E-state index in [-0.39, 0.29) is 5.56 Å². The van der Waals surface area contributed by atoms with E-state index in [0.717, 1.165) is 31.2 Å². The Balaban J connectivity index is 2.37. The molecule has 14 heavy (non-hydrogen) atoms. The van der Waals surface area contributed by atoms with E-state index in [9.17, 15) is 4.79 Å². The van der Waals surface area contributed by atoms with Gasteiger partial charge in [-0.1, -0.05) is 13.8 Å². The van der Waals surface area contributed by atoms with Crippen LogP contribution in [0.3, 0.4) is 0 Å². The molecule has 1 aromatic heterocycles. The number of aromatic nitrogens is 2. The molecule has 4 heteroatoms. The largest absolute Gasteiger partial charge is 0.354 e. The van der Waals surface area contributed by atoms with Crippen LogP contribution in [0.15, 0.2) is 10.9 Å². The van der Waals surface area contributed by atoms with Crippen molar-refractivity contribution in [2.75, 3.05) is 11.9 Å². The molecular weight excluding hydrogens is 178 g/mol. The first-order valence-corrected chi connectivity index (χ1v) is 5.01. The van der Waals surface area contributed by atoms with E-state index >= 15 is 0 Å². The Hall–Kier alpha value is -1.32. The van der Waals surface area contributed by atoms with Crippen LogP contribution in [0.4, 0.5) is 5.95 Å². The Morgan fingerprint density at radius 3 is 3.14 bits per heavy atom. The summed E-state index contributed by atoms with van der Waals surface area (Å²) in [6.07, 6.45) is 0.866. The summed E-state index contributed by atoms with van der Waals surface area (Å²) < 4.78 is 1.68. The highest BCUT2D eigenvalue weighted by Gasteiger charge is 2.13. The molecule has 0 atom stereocenters. The van der Waals surface area contributed by atoms with Crippen LogP contribution in [-0.4, -0.2) is 16.1 Å². The maximum atomic E-state index is 11.6. The SMILES string of the molecule is CC(C)Cc1cc(=O)n2c(n1)NCC2. The summed E-state index contributed by atoms with van der Waals surface area (Å²) in [5.74, 6) is 1.26. The number of nitrogens with zero attached hydrogens (tertiary/aromatic N) is 2. The van der Waals surface area contributed by atoms with Gasteiger partial charge in [0.25, 0.3) is 5.56 Å². The zero-order valence-corrected chi connectivity index (χ0v) is 8.58. The number of hydrogen-bond acceptors (Lipinski definition) is 3. The zero-order valence-electron chi connectivity index (χ0n) is 8.58. The summed E-state index contributed by atoms with van der Waals surface area (Å²) in [6.45, 7) is 5.80. The highest BCUT2D eigenvalue weighted by Crippen LogP contribution is 2.10. The number of fused-ring (bicyclic) bond motifs is 1. The molecule has 1 aromatic rings. The predicted molar refractivity (Wildman–Crippen MR) is 55.5 cm³/mol. The lowest BCUT2D eigenvalue weighted by Crippen LogP contribution is -2.19. The molecule has 2 rings (SSSR count). The van der Waals surface area contributed by atoms with Crippen LogP contribution in [0.1, 0.15) is 19.5 Å². The van der Waals surface area contributed by atoms with Crippen LogP contribution in [0.25, 0.3) is 0 Å². The lowest BCUT2D eigenvalue weighted by Gasteiger charge is -2.06. The second kappa shape index (κ2) is 3.44. The van der Waals surface area contributed by atoms with Gasteiger partial charge in [0, 0.05) is 19.2 Å². The fourth-order valence-corrected chi connectivity index (χ4v) is 1.71. The molecule has 1 aliphatic heterocycles. The summed E-state index contributed by atoms with van der Waals surface area (Å²) in [7, 11) is 0. The first kappa shape index (κ1) is 9.24. The third-order valence-electron chi connectivity index (χ3n) is 2.30. The minimum atomic E-state index is 0.0654. The summed E-state index contributed by atoms with van der Waals surface area (Å²) >= 11 is 0. The monoisotopic (exact) mass is 193 g/mol. The highest BCUT2D eigenvalue weighted by molar-refractivity contribution is 5.31. The van der Waals surface area contributed by atoms with Gasteiger partial charge in [-0.15, -0.1) is 0 Å². The predicted octanol–water partition coefficient (Wildman–Crippen LogP) is 0.867. The molecule has 1 N–H and O–H groups in total. The standard InChI is InChI=1S/C10H15N3O/c1-7(2)5-8-6-9(14)13-4-3-11-10(13)12-8/h6-7H,3-5H2,1-2H3,(H,11,12). The Bertz CT molecular complexity index is 395. The van der Waals surface area contributed by atoms with Crippen molar-refractivity contribution in [3.05, 3.63) is 22.1 Å². The Labute approximate surface area is 83.0 Å². The molecule has 0 amide bonds. The van der Waals surface area contributed by atoms with Crippen LogP contribution in [0, 0.1) is 5.92 Å². The minimum absolute atomic E-state index is 0.0654. The molecule has 0 bridgehead atoms. The topological polar surface area (TPSA) is 46.9 Å². The van der Waals surface area contributed by atoms with Gasteiger partial charge in [0.1, 0.15) is 0 Å². The van der Waals surface area contributed by atoms with Gasteiger partial charge >= 0.3 is 0 Å². The Morgan fingerprint density at radius 2 is 2.43 bits per heavy atom. The van der Waals surface area contributed by atoms with E-state index in [4.69, 9.17) is 0 Å². The molecule has 4 nitrogen and oxygen atoms in total. The van der Waals surface area contributed by atoms with Crippen LogP contribution in [0.2, 0.25) is 0 Å². The van der Waals surface area contributed by atoms with Gasteiger partial charge in [-0.25, -0.2) is 4.98 Å². The Morgan fingerprint density at radius 1 is 1.64 bits per heavy atom. The normalized spacial score (nSPS) is 14.2. The Kier molecular flexibility index (Phi) is 2.27. The first-order valence-electron chi connectivity index (χ1n) is 5.01. The molecular formula is C10H15N3O. The average molecular weight is 193 g/mol. The van der Waals surface area contributed by atoms with Crippen molar-refractivity contribution in [3.63, 3.8) is 0 Å². The number of hydrogen-bond donors (Lipinski definition) is 1. The van der Waals surface area contributed by atoms with E-state index < -0.39 is 0 Å². The molecule has 0 aliphatic carbocycles. The molecule has 0 saturated carbocycles. The number of rotatable bonds is 2. The van der Waals surface area contributed by atoms with Crippen molar-refractivity contribution < 1.29 is 0 Å². The molecule has 0 saturated heterocycles. The van der Waals surface area contributed by atoms with E-state index in [1.165, 1.54) is 0 Å². The van der Waals surface area contributed by atoms with E-state index in [1.807, 2.05) is 0 Å². The van der Waals surface area contributed by atoms with Crippen molar-refractivity contribution in [2.24, 2.45) is 5.92 Å². The lowest BCUT2D eigenvalue weighted by atomic mass is 10.1. The fraction of sp³-hybridized carbons (Fsp3) is 0.600. The van der Waals surface area contributed by atoms with Gasteiger partial charge in [0.15, 0.2) is 0 Å². The fourth-order valence-electron chi connectivity index (χ4n) is 1.71. The maximum absolute atomic E-state index is 11.6. The average Bonchev–Trinajstić information content (AvgIpc) is 2.50. The highest BCUT2D eigenvalue weighted by atomic mass is 16.1. The summed E-state index contributed by atoms with van der Waals surface area (Å²) in [6, 6.07) is 1.65.